The first kappa shape index (κ1) is 13.6. The molecule has 1 N–H and O–H groups in total. The van der Waals surface area contributed by atoms with Crippen LogP contribution in [0.4, 0.5) is 5.69 Å². The molecule has 3 heteroatoms. The molecule has 3 rings (SSSR count). The summed E-state index contributed by atoms with van der Waals surface area (Å²) in [6, 6.07) is 12.4. The fourth-order valence-electron chi connectivity index (χ4n) is 2.53. The van der Waals surface area contributed by atoms with Gasteiger partial charge in [-0.05, 0) is 24.1 Å². The number of nitrogens with one attached hydrogen (secondary N) is 1. The van der Waals surface area contributed by atoms with E-state index in [1.165, 1.54) is 0 Å². The zero-order chi connectivity index (χ0) is 15.0. The number of rotatable bonds is 3. The monoisotopic (exact) mass is 279 g/mol. The van der Waals surface area contributed by atoms with E-state index >= 15 is 0 Å². The molecule has 1 aliphatic rings. The van der Waals surface area contributed by atoms with Crippen LogP contribution in [0.5, 0.6) is 0 Å². The fourth-order valence-corrected chi connectivity index (χ4v) is 2.53. The molecule has 2 aromatic carbocycles. The molecule has 0 heterocycles. The summed E-state index contributed by atoms with van der Waals surface area (Å²) in [5, 5.41) is 3.29. The Morgan fingerprint density at radius 3 is 2.05 bits per heavy atom. The Hall–Kier alpha value is -2.42. The van der Waals surface area contributed by atoms with Gasteiger partial charge in [-0.3, -0.25) is 9.59 Å². The highest BCUT2D eigenvalue weighted by Crippen LogP contribution is 2.29. The zero-order valence-electron chi connectivity index (χ0n) is 12.1. The first-order valence-corrected chi connectivity index (χ1v) is 7.14. The van der Waals surface area contributed by atoms with Crippen LogP contribution in [0.1, 0.15) is 45.7 Å². The normalized spacial score (nSPS) is 13.1. The van der Waals surface area contributed by atoms with Crippen LogP contribution >= 0.6 is 0 Å². The lowest BCUT2D eigenvalue weighted by Crippen LogP contribution is -2.21. The van der Waals surface area contributed by atoms with E-state index in [-0.39, 0.29) is 11.6 Å². The van der Waals surface area contributed by atoms with Crippen LogP contribution in [-0.2, 0) is 0 Å². The third kappa shape index (κ3) is 2.35. The zero-order valence-corrected chi connectivity index (χ0v) is 12.1. The van der Waals surface area contributed by atoms with Crippen molar-refractivity contribution in [1.82, 2.24) is 0 Å². The second kappa shape index (κ2) is 5.17. The molecule has 3 nitrogen and oxygen atoms in total. The summed E-state index contributed by atoms with van der Waals surface area (Å²) < 4.78 is 0. The minimum absolute atomic E-state index is 0.0735. The number of anilines is 1. The number of hydrogen-bond acceptors (Lipinski definition) is 3. The van der Waals surface area contributed by atoms with Gasteiger partial charge in [-0.2, -0.15) is 0 Å². The van der Waals surface area contributed by atoms with E-state index < -0.39 is 0 Å². The maximum Gasteiger partial charge on any atom is 0.194 e. The minimum Gasteiger partial charge on any atom is -0.385 e. The summed E-state index contributed by atoms with van der Waals surface area (Å²) in [5.41, 5.74) is 2.86. The van der Waals surface area contributed by atoms with Crippen LogP contribution in [0, 0.1) is 5.92 Å². The molecule has 0 unspecified atom stereocenters. The van der Waals surface area contributed by atoms with E-state index in [1.54, 1.807) is 36.4 Å². The Bertz CT molecular complexity index is 732. The van der Waals surface area contributed by atoms with Crippen molar-refractivity contribution in [2.24, 2.45) is 5.92 Å². The molecule has 1 aliphatic carbocycles. The Morgan fingerprint density at radius 2 is 1.43 bits per heavy atom. The van der Waals surface area contributed by atoms with E-state index in [0.717, 1.165) is 12.2 Å². The largest absolute Gasteiger partial charge is 0.385 e. The summed E-state index contributed by atoms with van der Waals surface area (Å²) in [5.74, 6) is 0.364. The van der Waals surface area contributed by atoms with Crippen molar-refractivity contribution < 1.29 is 9.59 Å². The molecular weight excluding hydrogens is 262 g/mol. The highest BCUT2D eigenvalue weighted by molar-refractivity contribution is 6.28. The average Bonchev–Trinajstić information content (AvgIpc) is 2.50. The summed E-state index contributed by atoms with van der Waals surface area (Å²) in [6.45, 7) is 5.07. The van der Waals surface area contributed by atoms with Gasteiger partial charge in [-0.15, -0.1) is 0 Å². The predicted octanol–water partition coefficient (Wildman–Crippen LogP) is 3.53. The summed E-state index contributed by atoms with van der Waals surface area (Å²) >= 11 is 0. The summed E-state index contributed by atoms with van der Waals surface area (Å²) in [7, 11) is 0. The molecule has 0 atom stereocenters. The van der Waals surface area contributed by atoms with Crippen molar-refractivity contribution in [3.05, 3.63) is 64.7 Å². The lowest BCUT2D eigenvalue weighted by molar-refractivity contribution is 0.0979. The molecule has 0 aliphatic heterocycles. The Labute approximate surface area is 124 Å². The Kier molecular flexibility index (Phi) is 3.34. The second-order valence-corrected chi connectivity index (χ2v) is 5.74. The van der Waals surface area contributed by atoms with E-state index in [2.05, 4.69) is 19.2 Å². The number of hydrogen-bond donors (Lipinski definition) is 1. The van der Waals surface area contributed by atoms with Gasteiger partial charge in [-0.25, -0.2) is 0 Å². The van der Waals surface area contributed by atoms with Crippen molar-refractivity contribution in [3.63, 3.8) is 0 Å². The smallest absolute Gasteiger partial charge is 0.194 e. The topological polar surface area (TPSA) is 46.2 Å². The van der Waals surface area contributed by atoms with Gasteiger partial charge >= 0.3 is 0 Å². The molecule has 0 saturated heterocycles. The molecule has 0 bridgehead atoms. The molecule has 0 saturated carbocycles. The highest BCUT2D eigenvalue weighted by Gasteiger charge is 2.29. The van der Waals surface area contributed by atoms with Crippen LogP contribution < -0.4 is 5.32 Å². The average molecular weight is 279 g/mol. The number of ketones is 2. The molecular formula is C18H17NO2. The molecule has 0 spiro atoms. The van der Waals surface area contributed by atoms with Gasteiger partial charge in [0.05, 0.1) is 0 Å². The van der Waals surface area contributed by atoms with Crippen molar-refractivity contribution in [2.45, 2.75) is 13.8 Å². The number of carbonyl (C=O) groups excluding carboxylic acids is 2. The lowest BCUT2D eigenvalue weighted by atomic mass is 9.84. The van der Waals surface area contributed by atoms with Gasteiger partial charge in [0.2, 0.25) is 0 Å². The van der Waals surface area contributed by atoms with Gasteiger partial charge < -0.3 is 5.32 Å². The fraction of sp³-hybridized carbons (Fsp3) is 0.222. The first-order valence-electron chi connectivity index (χ1n) is 7.14. The minimum atomic E-state index is -0.0756. The molecule has 106 valence electrons. The predicted molar refractivity (Wildman–Crippen MR) is 83.1 cm³/mol. The SMILES string of the molecule is CC(C)CNc1ccc2c(c1)C(=O)c1ccccc1C2=O. The number of fused-ring (bicyclic) bond motifs is 2. The van der Waals surface area contributed by atoms with E-state index in [1.807, 2.05) is 6.07 Å². The molecule has 2 aromatic rings. The van der Waals surface area contributed by atoms with Crippen LogP contribution in [0.25, 0.3) is 0 Å². The van der Waals surface area contributed by atoms with Crippen LogP contribution in [0.3, 0.4) is 0 Å². The van der Waals surface area contributed by atoms with E-state index in [0.29, 0.717) is 28.2 Å². The lowest BCUT2D eigenvalue weighted by Gasteiger charge is -2.18. The van der Waals surface area contributed by atoms with Gasteiger partial charge in [0, 0.05) is 34.5 Å². The van der Waals surface area contributed by atoms with Crippen molar-refractivity contribution in [1.29, 1.82) is 0 Å². The van der Waals surface area contributed by atoms with Crippen LogP contribution in [-0.4, -0.2) is 18.1 Å². The van der Waals surface area contributed by atoms with E-state index in [4.69, 9.17) is 0 Å². The maximum atomic E-state index is 12.6. The number of carbonyl (C=O) groups is 2. The molecule has 0 amide bonds. The van der Waals surface area contributed by atoms with Gasteiger partial charge in [0.15, 0.2) is 11.6 Å². The standard InChI is InChI=1S/C18H17NO2/c1-11(2)10-19-12-7-8-15-16(9-12)18(21)14-6-4-3-5-13(14)17(15)20/h3-9,11,19H,10H2,1-2H3. The number of benzene rings is 2. The van der Waals surface area contributed by atoms with Crippen molar-refractivity contribution >= 4 is 17.3 Å². The van der Waals surface area contributed by atoms with Gasteiger partial charge in [0.25, 0.3) is 0 Å². The second-order valence-electron chi connectivity index (χ2n) is 5.74. The third-order valence-corrected chi connectivity index (χ3v) is 3.64. The van der Waals surface area contributed by atoms with Crippen LogP contribution in [0.2, 0.25) is 0 Å². The molecule has 21 heavy (non-hydrogen) atoms. The van der Waals surface area contributed by atoms with Crippen LogP contribution in [0.15, 0.2) is 42.5 Å². The summed E-state index contributed by atoms with van der Waals surface area (Å²) in [4.78, 5) is 25.0. The molecule has 0 fully saturated rings. The Morgan fingerprint density at radius 1 is 0.857 bits per heavy atom. The third-order valence-electron chi connectivity index (χ3n) is 3.64. The van der Waals surface area contributed by atoms with E-state index in [9.17, 15) is 9.59 Å². The van der Waals surface area contributed by atoms with Crippen molar-refractivity contribution in [3.8, 4) is 0 Å². The Balaban J connectivity index is 2.02. The van der Waals surface area contributed by atoms with Gasteiger partial charge in [-0.1, -0.05) is 38.1 Å². The van der Waals surface area contributed by atoms with Crippen molar-refractivity contribution in [2.75, 3.05) is 11.9 Å². The summed E-state index contributed by atoms with van der Waals surface area (Å²) in [6.07, 6.45) is 0. The highest BCUT2D eigenvalue weighted by atomic mass is 16.1. The quantitative estimate of drug-likeness (QED) is 0.797. The maximum absolute atomic E-state index is 12.6. The molecule has 0 aromatic heterocycles. The molecule has 0 radical (unpaired) electrons. The first-order chi connectivity index (χ1) is 10.1. The van der Waals surface area contributed by atoms with Gasteiger partial charge in [0.1, 0.15) is 0 Å².